The van der Waals surface area contributed by atoms with E-state index < -0.39 is 0 Å². The van der Waals surface area contributed by atoms with E-state index in [2.05, 4.69) is 48.2 Å². The van der Waals surface area contributed by atoms with Gasteiger partial charge in [-0.3, -0.25) is 4.79 Å². The largest absolute Gasteiger partial charge is 0.486 e. The van der Waals surface area contributed by atoms with E-state index in [0.29, 0.717) is 17.5 Å². The molecule has 0 saturated heterocycles. The first-order chi connectivity index (χ1) is 15.8. The van der Waals surface area contributed by atoms with Crippen LogP contribution in [0.25, 0.3) is 0 Å². The third-order valence-electron chi connectivity index (χ3n) is 5.34. The van der Waals surface area contributed by atoms with Crippen molar-refractivity contribution >= 4 is 23.4 Å². The number of hydrazone groups is 1. The molecule has 8 nitrogen and oxygen atoms in total. The average molecular weight is 465 g/mol. The van der Waals surface area contributed by atoms with Crippen LogP contribution in [0.15, 0.2) is 64.9 Å². The summed E-state index contributed by atoms with van der Waals surface area (Å²) in [6.45, 7) is 7.27. The third kappa shape index (κ3) is 5.54. The number of benzene rings is 2. The van der Waals surface area contributed by atoms with Crippen molar-refractivity contribution < 1.29 is 9.53 Å². The number of nitrogens with zero attached hydrogens (tertiary/aromatic N) is 5. The van der Waals surface area contributed by atoms with Crippen LogP contribution in [-0.4, -0.2) is 43.8 Å². The summed E-state index contributed by atoms with van der Waals surface area (Å²) in [5.41, 5.74) is 3.28. The van der Waals surface area contributed by atoms with Crippen molar-refractivity contribution in [3.05, 3.63) is 71.5 Å². The number of carbonyl (C=O) groups is 1. The molecule has 0 aliphatic carbocycles. The maximum absolute atomic E-state index is 12.6. The lowest BCUT2D eigenvalue weighted by atomic mass is 9.87. The molecule has 1 aromatic heterocycles. The monoisotopic (exact) mass is 464 g/mol. The normalized spacial score (nSPS) is 13.8. The molecular weight excluding hydrogens is 436 g/mol. The van der Waals surface area contributed by atoms with Gasteiger partial charge >= 0.3 is 0 Å². The molecule has 2 heterocycles. The molecule has 0 unspecified atom stereocenters. The Morgan fingerprint density at radius 1 is 1.09 bits per heavy atom. The number of ether oxygens (including phenoxy) is 1. The predicted octanol–water partition coefficient (Wildman–Crippen LogP) is 3.60. The van der Waals surface area contributed by atoms with Crippen molar-refractivity contribution in [1.29, 1.82) is 0 Å². The minimum absolute atomic E-state index is 0.0863. The van der Waals surface area contributed by atoms with Gasteiger partial charge in [0.1, 0.15) is 12.4 Å². The molecular formula is C24H28N6O2S. The van der Waals surface area contributed by atoms with Gasteiger partial charge in [0, 0.05) is 6.42 Å². The van der Waals surface area contributed by atoms with Crippen LogP contribution < -0.4 is 10.6 Å². The summed E-state index contributed by atoms with van der Waals surface area (Å²) in [6.07, 6.45) is 0.742. The maximum atomic E-state index is 12.6. The first kappa shape index (κ1) is 22.8. The molecule has 0 spiro atoms. The van der Waals surface area contributed by atoms with Gasteiger partial charge in [-0.1, -0.05) is 75.0 Å². The first-order valence-electron chi connectivity index (χ1n) is 10.8. The number of hydrogen-bond donors (Lipinski definition) is 1. The number of aromatic nitrogens is 3. The Bertz CT molecular complexity index is 1140. The smallest absolute Gasteiger partial charge is 0.253 e. The average Bonchev–Trinajstić information content (AvgIpc) is 3.44. The van der Waals surface area contributed by atoms with Gasteiger partial charge < -0.3 is 10.6 Å². The highest BCUT2D eigenvalue weighted by Gasteiger charge is 2.22. The van der Waals surface area contributed by atoms with E-state index in [1.165, 1.54) is 27.0 Å². The summed E-state index contributed by atoms with van der Waals surface area (Å²) in [6, 6.07) is 17.9. The number of nitrogens with two attached hydrogens (primary N) is 1. The van der Waals surface area contributed by atoms with Crippen molar-refractivity contribution in [3.8, 4) is 5.75 Å². The first-order valence-corrected chi connectivity index (χ1v) is 11.8. The predicted molar refractivity (Wildman–Crippen MR) is 130 cm³/mol. The maximum Gasteiger partial charge on any atom is 0.253 e. The Hall–Kier alpha value is -3.33. The molecule has 1 amide bonds. The molecule has 1 aliphatic heterocycles. The van der Waals surface area contributed by atoms with E-state index in [1.807, 2.05) is 42.5 Å². The highest BCUT2D eigenvalue weighted by molar-refractivity contribution is 7.99. The molecule has 0 atom stereocenters. The Morgan fingerprint density at radius 2 is 1.82 bits per heavy atom. The zero-order chi connectivity index (χ0) is 23.4. The van der Waals surface area contributed by atoms with Crippen molar-refractivity contribution in [2.75, 3.05) is 18.1 Å². The van der Waals surface area contributed by atoms with Gasteiger partial charge in [0.25, 0.3) is 5.91 Å². The van der Waals surface area contributed by atoms with E-state index in [9.17, 15) is 4.79 Å². The van der Waals surface area contributed by atoms with Gasteiger partial charge in [-0.25, -0.2) is 9.69 Å². The van der Waals surface area contributed by atoms with Crippen molar-refractivity contribution in [2.24, 2.45) is 5.10 Å². The van der Waals surface area contributed by atoms with Crippen molar-refractivity contribution in [1.82, 2.24) is 19.9 Å². The lowest BCUT2D eigenvalue weighted by Gasteiger charge is -2.19. The van der Waals surface area contributed by atoms with Crippen LogP contribution in [-0.2, 0) is 16.8 Å². The second-order valence-electron chi connectivity index (χ2n) is 8.80. The highest BCUT2D eigenvalue weighted by Crippen LogP contribution is 2.25. The summed E-state index contributed by atoms with van der Waals surface area (Å²) in [4.78, 5) is 12.6. The SMILES string of the molecule is CC(C)(C)c1ccc(OCc2nnc(SCC(=O)N3CCC(c4ccccc4)=N3)n2N)cc1. The number of rotatable bonds is 7. The fraction of sp³-hybridized carbons (Fsp3) is 0.333. The fourth-order valence-electron chi connectivity index (χ4n) is 3.37. The Morgan fingerprint density at radius 3 is 2.52 bits per heavy atom. The zero-order valence-electron chi connectivity index (χ0n) is 19.1. The van der Waals surface area contributed by atoms with Gasteiger partial charge in [-0.2, -0.15) is 5.10 Å². The van der Waals surface area contributed by atoms with Crippen LogP contribution >= 0.6 is 11.8 Å². The van der Waals surface area contributed by atoms with Crippen LogP contribution in [0.3, 0.4) is 0 Å². The van der Waals surface area contributed by atoms with Crippen molar-refractivity contribution in [2.45, 2.75) is 44.4 Å². The molecule has 2 N–H and O–H groups in total. The van der Waals surface area contributed by atoms with Crippen molar-refractivity contribution in [3.63, 3.8) is 0 Å². The zero-order valence-corrected chi connectivity index (χ0v) is 19.9. The summed E-state index contributed by atoms with van der Waals surface area (Å²) < 4.78 is 7.17. The van der Waals surface area contributed by atoms with E-state index in [0.717, 1.165) is 23.4 Å². The number of hydrogen-bond acceptors (Lipinski definition) is 7. The van der Waals surface area contributed by atoms with Gasteiger partial charge in [0.15, 0.2) is 5.82 Å². The van der Waals surface area contributed by atoms with E-state index in [4.69, 9.17) is 10.6 Å². The highest BCUT2D eigenvalue weighted by atomic mass is 32.2. The standard InChI is InChI=1S/C24H28N6O2S/c1-24(2,3)18-9-11-19(12-10-18)32-15-21-26-27-23(30(21)25)33-16-22(31)29-14-13-20(28-29)17-7-5-4-6-8-17/h4-12H,13-16,25H2,1-3H3. The Balaban J connectivity index is 1.30. The van der Waals surface area contributed by atoms with Crippen LogP contribution in [0.5, 0.6) is 5.75 Å². The molecule has 0 bridgehead atoms. The number of carbonyl (C=O) groups excluding carboxylic acids is 1. The van der Waals surface area contributed by atoms with Gasteiger partial charge in [-0.05, 0) is 28.7 Å². The van der Waals surface area contributed by atoms with Gasteiger partial charge in [0.05, 0.1) is 18.0 Å². The minimum Gasteiger partial charge on any atom is -0.486 e. The topological polar surface area (TPSA) is 98.6 Å². The molecule has 33 heavy (non-hydrogen) atoms. The molecule has 0 radical (unpaired) electrons. The molecule has 0 fully saturated rings. The van der Waals surface area contributed by atoms with E-state index in [-0.39, 0.29) is 23.7 Å². The Kier molecular flexibility index (Phi) is 6.69. The minimum atomic E-state index is -0.0920. The molecule has 1 aliphatic rings. The summed E-state index contributed by atoms with van der Waals surface area (Å²) in [5, 5.41) is 14.6. The lowest BCUT2D eigenvalue weighted by molar-refractivity contribution is -0.127. The van der Waals surface area contributed by atoms with Crippen LogP contribution in [0, 0.1) is 0 Å². The number of thioether (sulfide) groups is 1. The molecule has 9 heteroatoms. The summed E-state index contributed by atoms with van der Waals surface area (Å²) in [7, 11) is 0. The third-order valence-corrected chi connectivity index (χ3v) is 6.27. The number of amides is 1. The van der Waals surface area contributed by atoms with Crippen LogP contribution in [0.1, 0.15) is 44.1 Å². The second-order valence-corrected chi connectivity index (χ2v) is 9.74. The quantitative estimate of drug-likeness (QED) is 0.424. The van der Waals surface area contributed by atoms with E-state index in [1.54, 1.807) is 0 Å². The van der Waals surface area contributed by atoms with Gasteiger partial charge in [-0.15, -0.1) is 10.2 Å². The molecule has 172 valence electrons. The molecule has 3 aromatic rings. The molecule has 0 saturated carbocycles. The van der Waals surface area contributed by atoms with Crippen LogP contribution in [0.4, 0.5) is 0 Å². The van der Waals surface area contributed by atoms with Gasteiger partial charge in [0.2, 0.25) is 5.16 Å². The fourth-order valence-corrected chi connectivity index (χ4v) is 4.12. The van der Waals surface area contributed by atoms with Crippen LogP contribution in [0.2, 0.25) is 0 Å². The molecule has 4 rings (SSSR count). The molecule has 2 aromatic carbocycles. The summed E-state index contributed by atoms with van der Waals surface area (Å²) >= 11 is 1.23. The second kappa shape index (κ2) is 9.66. The summed E-state index contributed by atoms with van der Waals surface area (Å²) in [5.74, 6) is 7.42. The Labute approximate surface area is 197 Å². The van der Waals surface area contributed by atoms with E-state index >= 15 is 0 Å². The lowest BCUT2D eigenvalue weighted by Crippen LogP contribution is -2.25. The number of nitrogen functional groups attached to an aromatic ring is 1.